The maximum absolute atomic E-state index is 9.00. The van der Waals surface area contributed by atoms with Crippen LogP contribution in [-0.2, 0) is 24.9 Å². The average Bonchev–Trinajstić information content (AvgIpc) is 2.48. The van der Waals surface area contributed by atoms with E-state index in [1.165, 1.54) is 0 Å². The molecule has 0 spiro atoms. The van der Waals surface area contributed by atoms with Gasteiger partial charge in [-0.3, -0.25) is 4.79 Å². The number of para-hydroxylation sites is 2. The van der Waals surface area contributed by atoms with Crippen LogP contribution in [0.1, 0.15) is 6.92 Å². The Morgan fingerprint density at radius 1 is 0.962 bits per heavy atom. The van der Waals surface area contributed by atoms with Crippen LogP contribution >= 0.6 is 16.3 Å². The molecule has 0 amide bonds. The number of rotatable bonds is 4. The zero-order valence-corrected chi connectivity index (χ0v) is 20.6. The Morgan fingerprint density at radius 2 is 1.42 bits per heavy atom. The Hall–Kier alpha value is -0.981. The van der Waals surface area contributed by atoms with Gasteiger partial charge in [0, 0.05) is 47.0 Å². The van der Waals surface area contributed by atoms with E-state index in [2.05, 4.69) is 26.1 Å². The molecule has 4 nitrogen and oxygen atoms in total. The van der Waals surface area contributed by atoms with Gasteiger partial charge in [-0.1, -0.05) is 18.2 Å². The van der Waals surface area contributed by atoms with Gasteiger partial charge in [-0.05, 0) is 20.1 Å². The maximum Gasteiger partial charge on any atom is 0.346 e. The number of aliphatic carboxylic acids is 1. The van der Waals surface area contributed by atoms with E-state index < -0.39 is 14.3 Å². The van der Waals surface area contributed by atoms with Crippen LogP contribution in [-0.4, -0.2) is 37.7 Å². The molecule has 2 aromatic rings. The van der Waals surface area contributed by atoms with Crippen molar-refractivity contribution in [2.45, 2.75) is 6.92 Å². The van der Waals surface area contributed by atoms with Gasteiger partial charge in [-0.2, -0.15) is 18.2 Å². The summed E-state index contributed by atoms with van der Waals surface area (Å²) in [7, 11) is -1.21. The minimum absolute atomic E-state index is 0. The predicted molar refractivity (Wildman–Crippen MR) is 113 cm³/mol. The molecule has 0 aromatic heterocycles. The summed E-state index contributed by atoms with van der Waals surface area (Å²) in [6.45, 7) is 9.85. The predicted octanol–water partition coefficient (Wildman–Crippen LogP) is 5.25. The second-order valence-electron chi connectivity index (χ2n) is 5.25. The van der Waals surface area contributed by atoms with E-state index in [4.69, 9.17) is 18.9 Å². The Morgan fingerprint density at radius 3 is 1.85 bits per heavy atom. The summed E-state index contributed by atoms with van der Waals surface area (Å²) in [5.41, 5.74) is 0. The third kappa shape index (κ3) is 21.1. The van der Waals surface area contributed by atoms with Crippen molar-refractivity contribution >= 4 is 22.3 Å². The second-order valence-corrected chi connectivity index (χ2v) is 9.65. The molecule has 2 rings (SSSR count). The summed E-state index contributed by atoms with van der Waals surface area (Å²) in [6, 6.07) is 20.2. The summed E-state index contributed by atoms with van der Waals surface area (Å²) in [6.07, 6.45) is 0. The van der Waals surface area contributed by atoms with Gasteiger partial charge < -0.3 is 21.6 Å². The molecule has 1 radical (unpaired) electrons. The summed E-state index contributed by atoms with van der Waals surface area (Å²) in [5, 5.41) is 7.42. The SMILES string of the molecule is CC(=O)O.C[PH+](C)C.C[PH+](Oc1[c-]cccc1)Oc1ccccc1.[CH3-].[Ir]. The normalized spacial score (nSPS) is 9.62. The fourth-order valence-corrected chi connectivity index (χ4v) is 2.22. The van der Waals surface area contributed by atoms with Crippen molar-refractivity contribution in [3.05, 3.63) is 68.1 Å². The van der Waals surface area contributed by atoms with Crippen LogP contribution < -0.4 is 9.05 Å². The van der Waals surface area contributed by atoms with Crippen molar-refractivity contribution in [2.24, 2.45) is 0 Å². The van der Waals surface area contributed by atoms with Crippen molar-refractivity contribution in [1.29, 1.82) is 0 Å². The molecule has 0 bridgehead atoms. The Balaban J connectivity index is -0.000000454. The van der Waals surface area contributed by atoms with Crippen LogP contribution in [0.15, 0.2) is 54.6 Å². The van der Waals surface area contributed by atoms with Crippen molar-refractivity contribution in [3.8, 4) is 11.5 Å². The molecule has 2 aromatic carbocycles. The van der Waals surface area contributed by atoms with Crippen LogP contribution in [0, 0.1) is 13.5 Å². The van der Waals surface area contributed by atoms with E-state index in [0.29, 0.717) is 0 Å². The Kier molecular flexibility index (Phi) is 21.5. The van der Waals surface area contributed by atoms with Gasteiger partial charge in [0.05, 0.1) is 5.75 Å². The molecular weight excluding hydrogens is 546 g/mol. The van der Waals surface area contributed by atoms with Gasteiger partial charge in [-0.25, -0.2) is 0 Å². The van der Waals surface area contributed by atoms with E-state index in [9.17, 15) is 0 Å². The van der Waals surface area contributed by atoms with Crippen LogP contribution in [0.25, 0.3) is 0 Å². The first-order valence-electron chi connectivity index (χ1n) is 7.48. The third-order valence-electron chi connectivity index (χ3n) is 1.94. The first kappa shape index (κ1) is 29.8. The monoisotopic (exact) mass is 577 g/mol. The zero-order chi connectivity index (χ0) is 18.4. The fraction of sp³-hybridized carbons (Fsp3) is 0.263. The molecular formula is C19H30IrO4P2. The Labute approximate surface area is 174 Å². The first-order valence-corrected chi connectivity index (χ1v) is 12.3. The van der Waals surface area contributed by atoms with Crippen molar-refractivity contribution in [3.63, 3.8) is 0 Å². The standard InChI is InChI=1S/C13H12O2P.C3H9P.C2H4O2.CH3.Ir/c1-16(14-12-8-4-2-5-9-12)15-13-10-6-3-7-11-13;1-4(2)3;1-2(3)4;;/h2-10H,1H3;1-3H3;1H3,(H,3,4);1H3;/q-1;;;-1;/p+2. The van der Waals surface area contributed by atoms with Gasteiger partial charge in [0.15, 0.2) is 5.75 Å². The molecule has 1 N–H and O–H groups in total. The largest absolute Gasteiger partial charge is 0.481 e. The maximum atomic E-state index is 9.00. The van der Waals surface area contributed by atoms with Gasteiger partial charge in [0.1, 0.15) is 6.66 Å². The summed E-state index contributed by atoms with van der Waals surface area (Å²) >= 11 is 0. The van der Waals surface area contributed by atoms with E-state index in [1.807, 2.05) is 61.3 Å². The van der Waals surface area contributed by atoms with Gasteiger partial charge >= 0.3 is 8.38 Å². The molecule has 7 heteroatoms. The quantitative estimate of drug-likeness (QED) is 0.399. The first-order chi connectivity index (χ1) is 11.3. The zero-order valence-electron chi connectivity index (χ0n) is 16.2. The van der Waals surface area contributed by atoms with E-state index >= 15 is 0 Å². The Bertz CT molecular complexity index is 506. The molecule has 0 saturated heterocycles. The smallest absolute Gasteiger partial charge is 0.346 e. The van der Waals surface area contributed by atoms with Gasteiger partial charge in [0.25, 0.3) is 5.97 Å². The molecule has 0 aliphatic heterocycles. The van der Waals surface area contributed by atoms with Crippen molar-refractivity contribution in [1.82, 2.24) is 0 Å². The number of benzene rings is 2. The van der Waals surface area contributed by atoms with Crippen molar-refractivity contribution in [2.75, 3.05) is 26.7 Å². The summed E-state index contributed by atoms with van der Waals surface area (Å²) in [4.78, 5) is 9.00. The number of carboxylic acid groups (broad SMARTS) is 1. The molecule has 0 aliphatic carbocycles. The van der Waals surface area contributed by atoms with Crippen LogP contribution in [0.5, 0.6) is 11.5 Å². The number of carbonyl (C=O) groups is 1. The molecule has 0 aliphatic rings. The van der Waals surface area contributed by atoms with Crippen LogP contribution in [0.4, 0.5) is 0 Å². The van der Waals surface area contributed by atoms with E-state index in [1.54, 1.807) is 0 Å². The minimum Gasteiger partial charge on any atom is -0.481 e. The third-order valence-corrected chi connectivity index (χ3v) is 2.97. The number of hydrogen-bond acceptors (Lipinski definition) is 3. The van der Waals surface area contributed by atoms with Gasteiger partial charge in [0.2, 0.25) is 0 Å². The summed E-state index contributed by atoms with van der Waals surface area (Å²) < 4.78 is 11.3. The molecule has 0 heterocycles. The topological polar surface area (TPSA) is 55.8 Å². The van der Waals surface area contributed by atoms with Crippen molar-refractivity contribution < 1.29 is 39.1 Å². The molecule has 26 heavy (non-hydrogen) atoms. The van der Waals surface area contributed by atoms with E-state index in [-0.39, 0.29) is 35.5 Å². The molecule has 149 valence electrons. The fourth-order valence-electron chi connectivity index (χ4n) is 1.27. The molecule has 0 saturated carbocycles. The number of carboxylic acids is 1. The number of hydrogen-bond donors (Lipinski definition) is 1. The molecule has 1 unspecified atom stereocenters. The second kappa shape index (κ2) is 18.8. The van der Waals surface area contributed by atoms with E-state index in [0.717, 1.165) is 18.4 Å². The minimum atomic E-state index is -1.33. The molecule has 1 atom stereocenters. The average molecular weight is 577 g/mol. The van der Waals surface area contributed by atoms with Crippen LogP contribution in [0.2, 0.25) is 0 Å². The molecule has 0 fully saturated rings. The van der Waals surface area contributed by atoms with Gasteiger partial charge in [-0.15, -0.1) is 12.1 Å². The van der Waals surface area contributed by atoms with Crippen LogP contribution in [0.3, 0.4) is 0 Å². The summed E-state index contributed by atoms with van der Waals surface area (Å²) in [5.74, 6) is 0.740.